The number of piperidine rings is 1. The quantitative estimate of drug-likeness (QED) is 0.748. The molecule has 2 aromatic carbocycles. The molecule has 2 aromatic rings. The lowest BCUT2D eigenvalue weighted by Crippen LogP contribution is -2.45. The number of ether oxygens (including phenoxy) is 1. The smallest absolute Gasteiger partial charge is 0.251 e. The number of methoxy groups -OCH3 is 1. The molecule has 0 aliphatic carbocycles. The Kier molecular flexibility index (Phi) is 7.14. The summed E-state index contributed by atoms with van der Waals surface area (Å²) in [5, 5.41) is 3.01. The summed E-state index contributed by atoms with van der Waals surface area (Å²) >= 11 is 5.77. The molecule has 6 heteroatoms. The third kappa shape index (κ3) is 5.28. The summed E-state index contributed by atoms with van der Waals surface area (Å²) in [6, 6.07) is 8.39. The summed E-state index contributed by atoms with van der Waals surface area (Å²) in [4.78, 5) is 14.8. The Morgan fingerprint density at radius 1 is 1.21 bits per heavy atom. The van der Waals surface area contributed by atoms with Crippen molar-refractivity contribution in [1.29, 1.82) is 0 Å². The Bertz CT molecular complexity index is 879. The highest BCUT2D eigenvalue weighted by molar-refractivity contribution is 6.31. The molecule has 4 nitrogen and oxygen atoms in total. The normalized spacial score (nSPS) is 15.3. The van der Waals surface area contributed by atoms with Gasteiger partial charge in [0.2, 0.25) is 0 Å². The van der Waals surface area contributed by atoms with Gasteiger partial charge in [-0.05, 0) is 74.1 Å². The van der Waals surface area contributed by atoms with Crippen LogP contribution in [0, 0.1) is 19.7 Å². The first-order valence-corrected chi connectivity index (χ1v) is 10.4. The minimum Gasteiger partial charge on any atom is -0.496 e. The monoisotopic (exact) mass is 418 g/mol. The van der Waals surface area contributed by atoms with Gasteiger partial charge in [0.1, 0.15) is 11.6 Å². The van der Waals surface area contributed by atoms with Crippen LogP contribution in [0.3, 0.4) is 0 Å². The van der Waals surface area contributed by atoms with Gasteiger partial charge in [-0.25, -0.2) is 4.39 Å². The van der Waals surface area contributed by atoms with Gasteiger partial charge in [-0.3, -0.25) is 4.79 Å². The molecule has 1 amide bonds. The van der Waals surface area contributed by atoms with Crippen LogP contribution in [-0.4, -0.2) is 43.6 Å². The minimum absolute atomic E-state index is 0.0310. The van der Waals surface area contributed by atoms with E-state index in [-0.39, 0.29) is 17.0 Å². The lowest BCUT2D eigenvalue weighted by atomic mass is 9.99. The Labute approximate surface area is 177 Å². The molecule has 1 saturated heterocycles. The molecule has 0 atom stereocenters. The molecule has 0 aromatic heterocycles. The van der Waals surface area contributed by atoms with Crippen LogP contribution >= 0.6 is 11.6 Å². The third-order valence-corrected chi connectivity index (χ3v) is 6.16. The Morgan fingerprint density at radius 2 is 1.93 bits per heavy atom. The van der Waals surface area contributed by atoms with Crippen molar-refractivity contribution in [2.24, 2.45) is 0 Å². The Hall–Kier alpha value is -2.11. The van der Waals surface area contributed by atoms with E-state index in [0.717, 1.165) is 44.6 Å². The summed E-state index contributed by atoms with van der Waals surface area (Å²) in [6.45, 7) is 7.14. The van der Waals surface area contributed by atoms with Crippen molar-refractivity contribution in [1.82, 2.24) is 10.2 Å². The topological polar surface area (TPSA) is 41.6 Å². The average Bonchev–Trinajstić information content (AvgIpc) is 2.72. The summed E-state index contributed by atoms with van der Waals surface area (Å²) < 4.78 is 18.7. The number of carbonyl (C=O) groups excluding carboxylic acids is 1. The number of nitrogens with one attached hydrogen (secondary N) is 1. The number of carbonyl (C=O) groups is 1. The van der Waals surface area contributed by atoms with Gasteiger partial charge in [-0.15, -0.1) is 0 Å². The van der Waals surface area contributed by atoms with Crippen molar-refractivity contribution < 1.29 is 13.9 Å². The van der Waals surface area contributed by atoms with Gasteiger partial charge in [0.05, 0.1) is 12.1 Å². The molecule has 156 valence electrons. The summed E-state index contributed by atoms with van der Waals surface area (Å²) in [7, 11) is 1.70. The molecular formula is C23H28ClFN2O2. The molecule has 0 radical (unpaired) electrons. The van der Waals surface area contributed by atoms with E-state index in [1.165, 1.54) is 34.9 Å². The highest BCUT2D eigenvalue weighted by Crippen LogP contribution is 2.24. The van der Waals surface area contributed by atoms with E-state index in [0.29, 0.717) is 5.56 Å². The molecule has 0 unspecified atom stereocenters. The Morgan fingerprint density at radius 3 is 2.59 bits per heavy atom. The SMILES string of the molecule is COc1ccc(CCN2CCC(NC(=O)c3ccc(F)c(Cl)c3)CC2)c(C)c1C. The van der Waals surface area contributed by atoms with Crippen LogP contribution in [0.25, 0.3) is 0 Å². The number of rotatable bonds is 6. The largest absolute Gasteiger partial charge is 0.496 e. The van der Waals surface area contributed by atoms with Crippen LogP contribution in [0.15, 0.2) is 30.3 Å². The fraction of sp³-hybridized carbons (Fsp3) is 0.435. The van der Waals surface area contributed by atoms with Gasteiger partial charge in [-0.2, -0.15) is 0 Å². The van der Waals surface area contributed by atoms with Crippen LogP contribution in [0.5, 0.6) is 5.75 Å². The molecule has 1 aliphatic rings. The van der Waals surface area contributed by atoms with Crippen molar-refractivity contribution in [2.75, 3.05) is 26.7 Å². The lowest BCUT2D eigenvalue weighted by molar-refractivity contribution is 0.0911. The number of nitrogens with zero attached hydrogens (tertiary/aromatic N) is 1. The molecule has 0 saturated carbocycles. The van der Waals surface area contributed by atoms with E-state index in [1.807, 2.05) is 6.07 Å². The summed E-state index contributed by atoms with van der Waals surface area (Å²) in [6.07, 6.45) is 2.81. The van der Waals surface area contributed by atoms with E-state index in [1.54, 1.807) is 7.11 Å². The van der Waals surface area contributed by atoms with E-state index < -0.39 is 5.82 Å². The van der Waals surface area contributed by atoms with Crippen molar-refractivity contribution >= 4 is 17.5 Å². The van der Waals surface area contributed by atoms with Crippen LogP contribution in [0.4, 0.5) is 4.39 Å². The van der Waals surface area contributed by atoms with Gasteiger partial charge in [0.25, 0.3) is 5.91 Å². The third-order valence-electron chi connectivity index (χ3n) is 5.87. The number of likely N-dealkylation sites (tertiary alicyclic amines) is 1. The van der Waals surface area contributed by atoms with Gasteiger partial charge >= 0.3 is 0 Å². The van der Waals surface area contributed by atoms with Gasteiger partial charge in [-0.1, -0.05) is 17.7 Å². The van der Waals surface area contributed by atoms with Gasteiger partial charge in [0, 0.05) is 31.2 Å². The van der Waals surface area contributed by atoms with Gasteiger partial charge in [0.15, 0.2) is 0 Å². The zero-order valence-electron chi connectivity index (χ0n) is 17.2. The predicted molar refractivity (Wildman–Crippen MR) is 115 cm³/mol. The molecular weight excluding hydrogens is 391 g/mol. The number of hydrogen-bond donors (Lipinski definition) is 1. The van der Waals surface area contributed by atoms with E-state index >= 15 is 0 Å². The molecule has 1 N–H and O–H groups in total. The van der Waals surface area contributed by atoms with Gasteiger partial charge < -0.3 is 15.0 Å². The zero-order valence-corrected chi connectivity index (χ0v) is 18.0. The molecule has 1 fully saturated rings. The van der Waals surface area contributed by atoms with Crippen LogP contribution in [0.1, 0.15) is 39.9 Å². The second-order valence-corrected chi connectivity index (χ2v) is 8.05. The maximum atomic E-state index is 13.3. The molecule has 1 aliphatic heterocycles. The second kappa shape index (κ2) is 9.59. The van der Waals surface area contributed by atoms with Crippen molar-refractivity contribution in [3.63, 3.8) is 0 Å². The zero-order chi connectivity index (χ0) is 21.0. The maximum Gasteiger partial charge on any atom is 0.251 e. The van der Waals surface area contributed by atoms with E-state index in [2.05, 4.69) is 30.1 Å². The highest BCUT2D eigenvalue weighted by atomic mass is 35.5. The molecule has 0 spiro atoms. The van der Waals surface area contributed by atoms with Crippen molar-refractivity contribution in [2.45, 2.75) is 39.2 Å². The number of halogens is 2. The first-order chi connectivity index (χ1) is 13.9. The molecule has 0 bridgehead atoms. The molecule has 29 heavy (non-hydrogen) atoms. The minimum atomic E-state index is -0.515. The predicted octanol–water partition coefficient (Wildman–Crippen LogP) is 4.54. The summed E-state index contributed by atoms with van der Waals surface area (Å²) in [5.74, 6) is 0.221. The lowest BCUT2D eigenvalue weighted by Gasteiger charge is -2.32. The fourth-order valence-electron chi connectivity index (χ4n) is 3.83. The van der Waals surface area contributed by atoms with E-state index in [4.69, 9.17) is 16.3 Å². The average molecular weight is 419 g/mol. The number of benzene rings is 2. The molecule has 3 rings (SSSR count). The van der Waals surface area contributed by atoms with Crippen LogP contribution in [0.2, 0.25) is 5.02 Å². The summed E-state index contributed by atoms with van der Waals surface area (Å²) in [5.41, 5.74) is 4.24. The van der Waals surface area contributed by atoms with E-state index in [9.17, 15) is 9.18 Å². The number of amides is 1. The maximum absolute atomic E-state index is 13.3. The van der Waals surface area contributed by atoms with Crippen molar-refractivity contribution in [3.05, 3.63) is 63.4 Å². The first kappa shape index (κ1) is 21.6. The fourth-order valence-corrected chi connectivity index (χ4v) is 4.01. The van der Waals surface area contributed by atoms with Crippen LogP contribution < -0.4 is 10.1 Å². The van der Waals surface area contributed by atoms with Crippen molar-refractivity contribution in [3.8, 4) is 5.75 Å². The Balaban J connectivity index is 1.47. The second-order valence-electron chi connectivity index (χ2n) is 7.65. The van der Waals surface area contributed by atoms with Crippen LogP contribution in [-0.2, 0) is 6.42 Å². The highest BCUT2D eigenvalue weighted by Gasteiger charge is 2.21. The molecule has 1 heterocycles. The first-order valence-electron chi connectivity index (χ1n) is 10.0. The standard InChI is InChI=1S/C23H28ClFN2O2/c1-15-16(2)22(29-3)7-5-17(15)8-11-27-12-9-19(10-13-27)26-23(28)18-4-6-21(25)20(24)14-18/h4-7,14,19H,8-13H2,1-3H3,(H,26,28). The number of hydrogen-bond acceptors (Lipinski definition) is 3.